The third kappa shape index (κ3) is 6.56. The minimum atomic E-state index is -2.98. The smallest absolute Gasteiger partial charge is 0.305 e. The normalized spacial score (nSPS) is 11.3. The zero-order valence-electron chi connectivity index (χ0n) is 11.9. The average Bonchev–Trinajstić information content (AvgIpc) is 2.33. The molecule has 20 heavy (non-hydrogen) atoms. The molecule has 0 unspecified atom stereocenters. The number of hydrogen-bond acceptors (Lipinski definition) is 4. The van der Waals surface area contributed by atoms with Crippen LogP contribution in [0.15, 0.2) is 24.3 Å². The Hall–Kier alpha value is -1.56. The van der Waals surface area contributed by atoms with Crippen molar-refractivity contribution in [3.63, 3.8) is 0 Å². The molecule has 0 aliphatic carbocycles. The third-order valence-electron chi connectivity index (χ3n) is 2.94. The summed E-state index contributed by atoms with van der Waals surface area (Å²) in [4.78, 5) is 12.6. The fraction of sp³-hybridized carbons (Fsp3) is 0.500. The molecule has 0 spiro atoms. The summed E-state index contributed by atoms with van der Waals surface area (Å²) < 4.78 is 22.3. The summed E-state index contributed by atoms with van der Waals surface area (Å²) in [6.07, 6.45) is 1.74. The molecule has 112 valence electrons. The molecule has 5 nitrogen and oxygen atoms in total. The van der Waals surface area contributed by atoms with Crippen molar-refractivity contribution in [1.82, 2.24) is 0 Å². The topological polar surface area (TPSA) is 74.7 Å². The monoisotopic (exact) mass is 299 g/mol. The van der Waals surface area contributed by atoms with E-state index < -0.39 is 15.8 Å². The molecule has 1 N–H and O–H groups in total. The first-order valence-corrected chi connectivity index (χ1v) is 8.55. The van der Waals surface area contributed by atoms with Crippen LogP contribution < -0.4 is 4.90 Å². The second-order valence-electron chi connectivity index (χ2n) is 4.95. The number of benzene rings is 1. The summed E-state index contributed by atoms with van der Waals surface area (Å²) in [6, 6.07) is 7.77. The van der Waals surface area contributed by atoms with Crippen LogP contribution in [-0.4, -0.2) is 44.6 Å². The van der Waals surface area contributed by atoms with Gasteiger partial charge in [0.1, 0.15) is 9.84 Å². The maximum absolute atomic E-state index is 11.1. The number of hydrogen-bond donors (Lipinski definition) is 1. The van der Waals surface area contributed by atoms with E-state index in [0.717, 1.165) is 11.3 Å². The van der Waals surface area contributed by atoms with Gasteiger partial charge in [-0.1, -0.05) is 17.7 Å². The Labute approximate surface area is 120 Å². The van der Waals surface area contributed by atoms with Gasteiger partial charge in [-0.05, 0) is 25.5 Å². The Morgan fingerprint density at radius 2 is 1.80 bits per heavy atom. The quantitative estimate of drug-likeness (QED) is 0.791. The predicted octanol–water partition coefficient (Wildman–Crippen LogP) is 1.71. The van der Waals surface area contributed by atoms with Crippen molar-refractivity contribution >= 4 is 21.5 Å². The van der Waals surface area contributed by atoms with E-state index in [9.17, 15) is 13.2 Å². The highest BCUT2D eigenvalue weighted by Gasteiger charge is 2.10. The number of carboxylic acid groups (broad SMARTS) is 1. The Kier molecular flexibility index (Phi) is 6.01. The van der Waals surface area contributed by atoms with Crippen molar-refractivity contribution in [2.24, 2.45) is 0 Å². The van der Waals surface area contributed by atoms with Gasteiger partial charge in [0.05, 0.1) is 12.2 Å². The summed E-state index contributed by atoms with van der Waals surface area (Å²) in [7, 11) is -2.98. The van der Waals surface area contributed by atoms with Gasteiger partial charge >= 0.3 is 5.97 Å². The van der Waals surface area contributed by atoms with E-state index in [-0.39, 0.29) is 12.2 Å². The number of anilines is 1. The van der Waals surface area contributed by atoms with E-state index in [1.807, 2.05) is 36.1 Å². The second-order valence-corrected chi connectivity index (χ2v) is 7.21. The number of aliphatic carboxylic acids is 1. The summed E-state index contributed by atoms with van der Waals surface area (Å²) in [5.41, 5.74) is 2.05. The van der Waals surface area contributed by atoms with Crippen molar-refractivity contribution in [3.05, 3.63) is 29.8 Å². The lowest BCUT2D eigenvalue weighted by atomic mass is 10.2. The lowest BCUT2D eigenvalue weighted by Crippen LogP contribution is -2.28. The van der Waals surface area contributed by atoms with Gasteiger partial charge in [-0.2, -0.15) is 0 Å². The molecule has 0 amide bonds. The molecule has 0 bridgehead atoms. The van der Waals surface area contributed by atoms with Crippen LogP contribution >= 0.6 is 0 Å². The molecule has 1 rings (SSSR count). The van der Waals surface area contributed by atoms with Gasteiger partial charge in [0.25, 0.3) is 0 Å². The van der Waals surface area contributed by atoms with Gasteiger partial charge < -0.3 is 10.0 Å². The van der Waals surface area contributed by atoms with Gasteiger partial charge in [-0.3, -0.25) is 4.79 Å². The molecule has 6 heteroatoms. The molecule has 0 saturated carbocycles. The van der Waals surface area contributed by atoms with E-state index in [2.05, 4.69) is 0 Å². The minimum Gasteiger partial charge on any atom is -0.481 e. The molecule has 1 aromatic rings. The second kappa shape index (κ2) is 7.28. The summed E-state index contributed by atoms with van der Waals surface area (Å²) in [5.74, 6) is -0.743. The maximum Gasteiger partial charge on any atom is 0.305 e. The van der Waals surface area contributed by atoms with Crippen LogP contribution in [0.5, 0.6) is 0 Å². The standard InChI is InChI=1S/C14H21NO4S/c1-12-4-6-13(7-5-12)15(10-8-14(16)17)9-3-11-20(2,18)19/h4-7H,3,8-11H2,1-2H3,(H,16,17). The van der Waals surface area contributed by atoms with Crippen LogP contribution in [0.3, 0.4) is 0 Å². The molecule has 0 aromatic heterocycles. The van der Waals surface area contributed by atoms with E-state index in [1.165, 1.54) is 6.26 Å². The van der Waals surface area contributed by atoms with Crippen molar-refractivity contribution in [2.75, 3.05) is 30.0 Å². The van der Waals surface area contributed by atoms with Crippen molar-refractivity contribution in [1.29, 1.82) is 0 Å². The third-order valence-corrected chi connectivity index (χ3v) is 3.97. The van der Waals surface area contributed by atoms with Gasteiger partial charge in [0.15, 0.2) is 0 Å². The summed E-state index contributed by atoms with van der Waals surface area (Å²) in [6.45, 7) is 2.89. The van der Waals surface area contributed by atoms with E-state index in [1.54, 1.807) is 0 Å². The number of carbonyl (C=O) groups is 1. The van der Waals surface area contributed by atoms with Gasteiger partial charge in [-0.25, -0.2) is 8.42 Å². The van der Waals surface area contributed by atoms with Gasteiger partial charge in [-0.15, -0.1) is 0 Å². The fourth-order valence-electron chi connectivity index (χ4n) is 1.87. The lowest BCUT2D eigenvalue weighted by molar-refractivity contribution is -0.136. The fourth-order valence-corrected chi connectivity index (χ4v) is 2.53. The molecule has 0 fully saturated rings. The molecule has 1 aromatic carbocycles. The molecule has 0 aliphatic rings. The van der Waals surface area contributed by atoms with Crippen LogP contribution in [0.1, 0.15) is 18.4 Å². The highest BCUT2D eigenvalue weighted by molar-refractivity contribution is 7.90. The molecule has 0 radical (unpaired) electrons. The molecule has 0 aliphatic heterocycles. The Morgan fingerprint density at radius 1 is 1.20 bits per heavy atom. The number of carboxylic acids is 1. The van der Waals surface area contributed by atoms with E-state index in [4.69, 9.17) is 5.11 Å². The van der Waals surface area contributed by atoms with Crippen LogP contribution in [0.25, 0.3) is 0 Å². The molecular weight excluding hydrogens is 278 g/mol. The Morgan fingerprint density at radius 3 is 2.30 bits per heavy atom. The van der Waals surface area contributed by atoms with Gasteiger partial charge in [0.2, 0.25) is 0 Å². The van der Waals surface area contributed by atoms with Gasteiger partial charge in [0, 0.05) is 25.0 Å². The highest BCUT2D eigenvalue weighted by atomic mass is 32.2. The van der Waals surface area contributed by atoms with Crippen LogP contribution in [0, 0.1) is 6.92 Å². The molecular formula is C14H21NO4S. The number of aryl methyl sites for hydroxylation is 1. The van der Waals surface area contributed by atoms with E-state index >= 15 is 0 Å². The van der Waals surface area contributed by atoms with Crippen LogP contribution in [0.4, 0.5) is 5.69 Å². The van der Waals surface area contributed by atoms with Crippen LogP contribution in [-0.2, 0) is 14.6 Å². The molecule has 0 atom stereocenters. The maximum atomic E-state index is 11.1. The summed E-state index contributed by atoms with van der Waals surface area (Å²) in [5, 5.41) is 8.79. The lowest BCUT2D eigenvalue weighted by Gasteiger charge is -2.24. The first kappa shape index (κ1) is 16.5. The zero-order valence-corrected chi connectivity index (χ0v) is 12.7. The molecule has 0 heterocycles. The molecule has 0 saturated heterocycles. The van der Waals surface area contributed by atoms with Crippen LogP contribution in [0.2, 0.25) is 0 Å². The van der Waals surface area contributed by atoms with Crippen molar-refractivity contribution in [3.8, 4) is 0 Å². The van der Waals surface area contributed by atoms with Crippen molar-refractivity contribution < 1.29 is 18.3 Å². The largest absolute Gasteiger partial charge is 0.481 e. The van der Waals surface area contributed by atoms with Crippen molar-refractivity contribution in [2.45, 2.75) is 19.8 Å². The minimum absolute atomic E-state index is 0.0345. The first-order valence-electron chi connectivity index (χ1n) is 6.49. The first-order chi connectivity index (χ1) is 9.28. The highest BCUT2D eigenvalue weighted by Crippen LogP contribution is 2.16. The SMILES string of the molecule is Cc1ccc(N(CCCS(C)(=O)=O)CCC(=O)O)cc1. The predicted molar refractivity (Wildman–Crippen MR) is 80.0 cm³/mol. The number of rotatable bonds is 8. The summed E-state index contributed by atoms with van der Waals surface area (Å²) >= 11 is 0. The number of nitrogens with zero attached hydrogens (tertiary/aromatic N) is 1. The van der Waals surface area contributed by atoms with E-state index in [0.29, 0.717) is 19.5 Å². The average molecular weight is 299 g/mol. The number of sulfone groups is 1. The zero-order chi connectivity index (χ0) is 15.2. The Bertz CT molecular complexity index is 537. The Balaban J connectivity index is 2.69.